The quantitative estimate of drug-likeness (QED) is 0.743. The summed E-state index contributed by atoms with van der Waals surface area (Å²) < 4.78 is 19.3. The maximum Gasteiger partial charge on any atom is 0.143 e. The van der Waals surface area contributed by atoms with Crippen LogP contribution >= 0.6 is 0 Å². The van der Waals surface area contributed by atoms with Crippen LogP contribution in [0.3, 0.4) is 0 Å². The number of rotatable bonds is 1. The molecule has 3 nitrogen and oxygen atoms in total. The van der Waals surface area contributed by atoms with Gasteiger partial charge in [-0.25, -0.2) is 4.39 Å². The van der Waals surface area contributed by atoms with Gasteiger partial charge in [0.2, 0.25) is 0 Å². The highest BCUT2D eigenvalue weighted by Crippen LogP contribution is 2.31. The summed E-state index contributed by atoms with van der Waals surface area (Å²) in [5, 5.41) is 9.03. The summed E-state index contributed by atoms with van der Waals surface area (Å²) in [5.41, 5.74) is 0.849. The van der Waals surface area contributed by atoms with E-state index in [2.05, 4.69) is 4.90 Å². The molecule has 0 aliphatic carbocycles. The molecule has 1 aromatic carbocycles. The number of hydrogen-bond acceptors (Lipinski definition) is 3. The van der Waals surface area contributed by atoms with E-state index in [1.807, 2.05) is 12.1 Å². The number of nitriles is 1. The van der Waals surface area contributed by atoms with Crippen molar-refractivity contribution in [1.29, 1.82) is 5.26 Å². The fourth-order valence-electron chi connectivity index (χ4n) is 2.70. The number of benzene rings is 1. The van der Waals surface area contributed by atoms with E-state index in [4.69, 9.17) is 10.00 Å². The topological polar surface area (TPSA) is 36.3 Å². The van der Waals surface area contributed by atoms with E-state index in [0.29, 0.717) is 5.69 Å². The van der Waals surface area contributed by atoms with Crippen LogP contribution in [0.2, 0.25) is 0 Å². The number of halogens is 1. The molecular weight excluding hydrogens is 219 g/mol. The Morgan fingerprint density at radius 1 is 1.29 bits per heavy atom. The van der Waals surface area contributed by atoms with E-state index in [0.717, 1.165) is 25.9 Å². The van der Waals surface area contributed by atoms with Gasteiger partial charge in [-0.05, 0) is 25.0 Å². The predicted molar refractivity (Wildman–Crippen MR) is 61.2 cm³/mol. The van der Waals surface area contributed by atoms with Gasteiger partial charge in [0, 0.05) is 13.1 Å². The molecule has 0 saturated carbocycles. The van der Waals surface area contributed by atoms with E-state index >= 15 is 0 Å². The maximum atomic E-state index is 13.5. The molecule has 2 atom stereocenters. The Morgan fingerprint density at radius 3 is 2.65 bits per heavy atom. The lowest BCUT2D eigenvalue weighted by atomic mass is 10.1. The average molecular weight is 232 g/mol. The molecule has 2 saturated heterocycles. The van der Waals surface area contributed by atoms with Gasteiger partial charge in [-0.1, -0.05) is 6.07 Å². The Bertz CT molecular complexity index is 471. The summed E-state index contributed by atoms with van der Waals surface area (Å²) in [6.07, 6.45) is 2.61. The normalized spacial score (nSPS) is 26.9. The first-order valence-electron chi connectivity index (χ1n) is 5.87. The largest absolute Gasteiger partial charge is 0.371 e. The average Bonchev–Trinajstić information content (AvgIpc) is 2.68. The van der Waals surface area contributed by atoms with E-state index in [1.165, 1.54) is 6.07 Å². The molecule has 0 amide bonds. The van der Waals surface area contributed by atoms with Gasteiger partial charge in [-0.15, -0.1) is 0 Å². The van der Waals surface area contributed by atoms with Crippen molar-refractivity contribution >= 4 is 5.69 Å². The van der Waals surface area contributed by atoms with E-state index in [1.54, 1.807) is 6.07 Å². The van der Waals surface area contributed by atoms with Crippen molar-refractivity contribution < 1.29 is 9.13 Å². The molecule has 17 heavy (non-hydrogen) atoms. The van der Waals surface area contributed by atoms with Gasteiger partial charge >= 0.3 is 0 Å². The molecule has 4 heteroatoms. The summed E-state index contributed by atoms with van der Waals surface area (Å²) >= 11 is 0. The van der Waals surface area contributed by atoms with Gasteiger partial charge < -0.3 is 9.64 Å². The zero-order chi connectivity index (χ0) is 11.8. The van der Waals surface area contributed by atoms with Crippen molar-refractivity contribution in [1.82, 2.24) is 0 Å². The second-order valence-electron chi connectivity index (χ2n) is 4.61. The standard InChI is InChI=1S/C13H13FN2O/c14-12-2-1-3-13(11(12)6-15)16-7-9-4-5-10(8-16)17-9/h1-3,9-10H,4-5,7-8H2. The molecule has 2 bridgehead atoms. The van der Waals surface area contributed by atoms with Crippen molar-refractivity contribution in [3.05, 3.63) is 29.6 Å². The molecule has 0 aromatic heterocycles. The minimum Gasteiger partial charge on any atom is -0.371 e. The van der Waals surface area contributed by atoms with Crippen molar-refractivity contribution in [2.45, 2.75) is 25.0 Å². The lowest BCUT2D eigenvalue weighted by Gasteiger charge is -2.34. The number of morpholine rings is 1. The third-order valence-electron chi connectivity index (χ3n) is 3.49. The molecule has 0 radical (unpaired) electrons. The van der Waals surface area contributed by atoms with Crippen LogP contribution < -0.4 is 4.90 Å². The molecule has 2 aliphatic heterocycles. The highest BCUT2D eigenvalue weighted by Gasteiger charge is 2.34. The predicted octanol–water partition coefficient (Wildman–Crippen LogP) is 2.06. The van der Waals surface area contributed by atoms with Gasteiger partial charge in [0.25, 0.3) is 0 Å². The van der Waals surface area contributed by atoms with Crippen molar-refractivity contribution in [3.8, 4) is 6.07 Å². The summed E-state index contributed by atoms with van der Waals surface area (Å²) in [4.78, 5) is 2.08. The highest BCUT2D eigenvalue weighted by atomic mass is 19.1. The number of fused-ring (bicyclic) bond motifs is 2. The number of nitrogens with zero attached hydrogens (tertiary/aromatic N) is 2. The summed E-state index contributed by atoms with van der Waals surface area (Å²) in [6, 6.07) is 6.75. The van der Waals surface area contributed by atoms with Crippen LogP contribution in [-0.4, -0.2) is 25.3 Å². The number of ether oxygens (including phenoxy) is 1. The smallest absolute Gasteiger partial charge is 0.143 e. The second-order valence-corrected chi connectivity index (χ2v) is 4.61. The Labute approximate surface area is 99.4 Å². The molecule has 0 N–H and O–H groups in total. The van der Waals surface area contributed by atoms with Gasteiger partial charge in [0.1, 0.15) is 17.4 Å². The molecule has 0 spiro atoms. The molecule has 3 rings (SSSR count). The first-order valence-corrected chi connectivity index (χ1v) is 5.87. The summed E-state index contributed by atoms with van der Waals surface area (Å²) in [7, 11) is 0. The van der Waals surface area contributed by atoms with E-state index in [-0.39, 0.29) is 17.8 Å². The van der Waals surface area contributed by atoms with Gasteiger partial charge in [-0.3, -0.25) is 0 Å². The SMILES string of the molecule is N#Cc1c(F)cccc1N1CC2CCC(C1)O2. The third kappa shape index (κ3) is 1.77. The molecule has 1 aromatic rings. The van der Waals surface area contributed by atoms with Gasteiger partial charge in [-0.2, -0.15) is 5.26 Å². The Morgan fingerprint density at radius 2 is 2.00 bits per heavy atom. The van der Waals surface area contributed by atoms with Crippen LogP contribution in [0.15, 0.2) is 18.2 Å². The minimum absolute atomic E-state index is 0.147. The Hall–Kier alpha value is -1.60. The maximum absolute atomic E-state index is 13.5. The van der Waals surface area contributed by atoms with Gasteiger partial charge in [0.05, 0.1) is 17.9 Å². The lowest BCUT2D eigenvalue weighted by molar-refractivity contribution is 0.0304. The van der Waals surface area contributed by atoms with Crippen molar-refractivity contribution in [2.75, 3.05) is 18.0 Å². The minimum atomic E-state index is -0.441. The Balaban J connectivity index is 1.94. The number of hydrogen-bond donors (Lipinski definition) is 0. The van der Waals surface area contributed by atoms with Crippen LogP contribution in [0.1, 0.15) is 18.4 Å². The molecule has 2 aliphatic rings. The first-order chi connectivity index (χ1) is 8.28. The van der Waals surface area contributed by atoms with Crippen LogP contribution in [0.25, 0.3) is 0 Å². The fourth-order valence-corrected chi connectivity index (χ4v) is 2.70. The molecular formula is C13H13FN2O. The molecule has 2 fully saturated rings. The van der Waals surface area contributed by atoms with Crippen LogP contribution in [0, 0.1) is 17.1 Å². The molecule has 88 valence electrons. The van der Waals surface area contributed by atoms with Crippen LogP contribution in [0.4, 0.5) is 10.1 Å². The van der Waals surface area contributed by atoms with Crippen molar-refractivity contribution in [2.24, 2.45) is 0 Å². The second kappa shape index (κ2) is 4.01. The fraction of sp³-hybridized carbons (Fsp3) is 0.462. The van der Waals surface area contributed by atoms with Gasteiger partial charge in [0.15, 0.2) is 0 Å². The summed E-state index contributed by atoms with van der Waals surface area (Å²) in [5.74, 6) is -0.441. The monoisotopic (exact) mass is 232 g/mol. The van der Waals surface area contributed by atoms with Crippen molar-refractivity contribution in [3.63, 3.8) is 0 Å². The lowest BCUT2D eigenvalue weighted by Crippen LogP contribution is -2.43. The van der Waals surface area contributed by atoms with Crippen LogP contribution in [-0.2, 0) is 4.74 Å². The van der Waals surface area contributed by atoms with E-state index in [9.17, 15) is 4.39 Å². The zero-order valence-electron chi connectivity index (χ0n) is 9.40. The molecule has 2 unspecified atom stereocenters. The number of anilines is 1. The zero-order valence-corrected chi connectivity index (χ0v) is 9.40. The highest BCUT2D eigenvalue weighted by molar-refractivity contribution is 5.60. The van der Waals surface area contributed by atoms with E-state index < -0.39 is 5.82 Å². The third-order valence-corrected chi connectivity index (χ3v) is 3.49. The molecule has 2 heterocycles. The van der Waals surface area contributed by atoms with Crippen LogP contribution in [0.5, 0.6) is 0 Å². The Kier molecular flexibility index (Phi) is 2.49. The summed E-state index contributed by atoms with van der Waals surface area (Å²) in [6.45, 7) is 1.52. The first kappa shape index (κ1) is 10.5.